The summed E-state index contributed by atoms with van der Waals surface area (Å²) in [6.45, 7) is 4.55. The molecule has 4 rings (SSSR count). The minimum atomic E-state index is 0.239. The van der Waals surface area contributed by atoms with Crippen molar-refractivity contribution in [3.8, 4) is 17.2 Å². The van der Waals surface area contributed by atoms with Crippen molar-refractivity contribution in [2.45, 2.75) is 26.2 Å². The van der Waals surface area contributed by atoms with Crippen LogP contribution in [0.25, 0.3) is 17.2 Å². The van der Waals surface area contributed by atoms with E-state index in [1.54, 1.807) is 6.26 Å². The van der Waals surface area contributed by atoms with Gasteiger partial charge in [-0.2, -0.15) is 5.26 Å². The molecule has 1 aliphatic carbocycles. The van der Waals surface area contributed by atoms with Crippen LogP contribution < -0.4 is 0 Å². The third-order valence-electron chi connectivity index (χ3n) is 5.62. The van der Waals surface area contributed by atoms with E-state index in [2.05, 4.69) is 42.2 Å². The Labute approximate surface area is 159 Å². The van der Waals surface area contributed by atoms with Crippen molar-refractivity contribution in [3.05, 3.63) is 77.4 Å². The summed E-state index contributed by atoms with van der Waals surface area (Å²) in [5.41, 5.74) is 5.67. The molecule has 0 bridgehead atoms. The molecule has 0 saturated heterocycles. The van der Waals surface area contributed by atoms with Gasteiger partial charge in [-0.05, 0) is 36.5 Å². The summed E-state index contributed by atoms with van der Waals surface area (Å²) >= 11 is 0. The number of rotatable bonds is 3. The zero-order chi connectivity index (χ0) is 18.8. The minimum Gasteiger partial charge on any atom is -0.364 e. The first-order valence-electron chi connectivity index (χ1n) is 9.24. The number of hydrogen-bond donors (Lipinski definition) is 0. The zero-order valence-corrected chi connectivity index (χ0v) is 15.5. The summed E-state index contributed by atoms with van der Waals surface area (Å²) in [6.07, 6.45) is 8.86. The lowest BCUT2D eigenvalue weighted by Crippen LogP contribution is -2.24. The Morgan fingerprint density at radius 3 is 2.81 bits per heavy atom. The smallest absolute Gasteiger partial charge is 0.127 e. The van der Waals surface area contributed by atoms with Gasteiger partial charge in [-0.15, -0.1) is 0 Å². The Morgan fingerprint density at radius 2 is 2.04 bits per heavy atom. The van der Waals surface area contributed by atoms with Gasteiger partial charge < -0.3 is 4.52 Å². The molecule has 4 nitrogen and oxygen atoms in total. The number of benzene rings is 1. The Hall–Kier alpha value is -3.19. The van der Waals surface area contributed by atoms with Gasteiger partial charge in [0.15, 0.2) is 0 Å². The van der Waals surface area contributed by atoms with Crippen molar-refractivity contribution in [2.75, 3.05) is 0 Å². The lowest BCUT2D eigenvalue weighted by molar-refractivity contribution is 0.323. The zero-order valence-electron chi connectivity index (χ0n) is 15.5. The van der Waals surface area contributed by atoms with Crippen LogP contribution >= 0.6 is 0 Å². The second-order valence-corrected chi connectivity index (χ2v) is 7.28. The first-order valence-corrected chi connectivity index (χ1v) is 9.24. The van der Waals surface area contributed by atoms with E-state index in [4.69, 9.17) is 4.52 Å². The molecular formula is C23H21N3O. The minimum absolute atomic E-state index is 0.239. The normalized spacial score (nSPS) is 21.7. The van der Waals surface area contributed by atoms with Crippen LogP contribution in [0.5, 0.6) is 0 Å². The average molecular weight is 355 g/mol. The largest absolute Gasteiger partial charge is 0.364 e. The van der Waals surface area contributed by atoms with Gasteiger partial charge in [0.25, 0.3) is 0 Å². The first kappa shape index (κ1) is 17.2. The quantitative estimate of drug-likeness (QED) is 0.645. The monoisotopic (exact) mass is 355 g/mol. The number of pyridine rings is 1. The van der Waals surface area contributed by atoms with Gasteiger partial charge in [-0.3, -0.25) is 4.98 Å². The maximum absolute atomic E-state index is 9.28. The number of hydrogen-bond acceptors (Lipinski definition) is 4. The van der Waals surface area contributed by atoms with Crippen LogP contribution in [0.4, 0.5) is 0 Å². The van der Waals surface area contributed by atoms with E-state index in [1.807, 2.05) is 42.6 Å². The van der Waals surface area contributed by atoms with Gasteiger partial charge in [0.05, 0.1) is 23.0 Å². The molecule has 4 heteroatoms. The summed E-state index contributed by atoms with van der Waals surface area (Å²) in [4.78, 5) is 4.56. The molecule has 0 spiro atoms. The van der Waals surface area contributed by atoms with Gasteiger partial charge in [0, 0.05) is 28.8 Å². The molecule has 2 aromatic heterocycles. The standard InChI is InChI=1S/C23H21N3O/c1-15-11-19-14-27-26-23(19)21(16(15)2)10-9-20-8-7-18(13-25-20)22-6-4-3-5-17(22)12-24/h3-10,13-16,21H,11H2,1-2H3/t15-,16+,21-/m0/s1. The average Bonchev–Trinajstić information content (AvgIpc) is 3.16. The number of allylic oxidation sites excluding steroid dienone is 1. The maximum atomic E-state index is 9.28. The molecule has 1 aromatic carbocycles. The molecule has 0 aliphatic heterocycles. The van der Waals surface area contributed by atoms with E-state index >= 15 is 0 Å². The topological polar surface area (TPSA) is 62.7 Å². The summed E-state index contributed by atoms with van der Waals surface area (Å²) < 4.78 is 5.21. The highest BCUT2D eigenvalue weighted by molar-refractivity contribution is 5.70. The predicted octanol–water partition coefficient (Wildman–Crippen LogP) is 5.23. The second kappa shape index (κ2) is 7.20. The van der Waals surface area contributed by atoms with Crippen molar-refractivity contribution in [1.29, 1.82) is 5.26 Å². The van der Waals surface area contributed by atoms with E-state index in [9.17, 15) is 5.26 Å². The van der Waals surface area contributed by atoms with Crippen molar-refractivity contribution in [3.63, 3.8) is 0 Å². The summed E-state index contributed by atoms with van der Waals surface area (Å²) in [5.74, 6) is 1.33. The molecule has 0 amide bonds. The fourth-order valence-electron chi connectivity index (χ4n) is 3.79. The highest BCUT2D eigenvalue weighted by Gasteiger charge is 2.32. The molecule has 134 valence electrons. The van der Waals surface area contributed by atoms with Crippen molar-refractivity contribution >= 4 is 6.08 Å². The Balaban J connectivity index is 1.58. The van der Waals surface area contributed by atoms with Crippen LogP contribution in [0.3, 0.4) is 0 Å². The molecule has 0 N–H and O–H groups in total. The number of fused-ring (bicyclic) bond motifs is 1. The van der Waals surface area contributed by atoms with E-state index < -0.39 is 0 Å². The maximum Gasteiger partial charge on any atom is 0.127 e. The number of nitriles is 1. The van der Waals surface area contributed by atoms with E-state index in [0.717, 1.165) is 28.9 Å². The van der Waals surface area contributed by atoms with Gasteiger partial charge in [-0.1, -0.05) is 49.3 Å². The van der Waals surface area contributed by atoms with E-state index in [1.165, 1.54) is 5.56 Å². The summed E-state index contributed by atoms with van der Waals surface area (Å²) in [5, 5.41) is 13.5. The molecule has 3 aromatic rings. The van der Waals surface area contributed by atoms with E-state index in [0.29, 0.717) is 17.4 Å². The first-order chi connectivity index (χ1) is 13.2. The fourth-order valence-corrected chi connectivity index (χ4v) is 3.79. The summed E-state index contributed by atoms with van der Waals surface area (Å²) in [6, 6.07) is 13.8. The lowest BCUT2D eigenvalue weighted by atomic mass is 9.73. The number of nitrogens with zero attached hydrogens (tertiary/aromatic N) is 3. The number of aromatic nitrogens is 2. The Kier molecular flexibility index (Phi) is 4.60. The van der Waals surface area contributed by atoms with Gasteiger partial charge >= 0.3 is 0 Å². The van der Waals surface area contributed by atoms with Crippen molar-refractivity contribution in [1.82, 2.24) is 10.1 Å². The third-order valence-corrected chi connectivity index (χ3v) is 5.62. The molecule has 3 atom stereocenters. The molecule has 0 fully saturated rings. The predicted molar refractivity (Wildman–Crippen MR) is 105 cm³/mol. The van der Waals surface area contributed by atoms with Gasteiger partial charge in [0.1, 0.15) is 6.26 Å². The second-order valence-electron chi connectivity index (χ2n) is 7.28. The molecular weight excluding hydrogens is 334 g/mol. The Bertz CT molecular complexity index is 1010. The molecule has 0 saturated carbocycles. The van der Waals surface area contributed by atoms with Crippen LogP contribution in [0, 0.1) is 23.2 Å². The third kappa shape index (κ3) is 3.29. The van der Waals surface area contributed by atoms with Crippen LogP contribution in [-0.2, 0) is 6.42 Å². The van der Waals surface area contributed by atoms with Crippen LogP contribution in [0.1, 0.15) is 42.3 Å². The molecule has 27 heavy (non-hydrogen) atoms. The van der Waals surface area contributed by atoms with Crippen LogP contribution in [0.2, 0.25) is 0 Å². The molecule has 2 heterocycles. The highest BCUT2D eigenvalue weighted by Crippen LogP contribution is 2.39. The fraction of sp³-hybridized carbons (Fsp3) is 0.261. The molecule has 0 radical (unpaired) electrons. The van der Waals surface area contributed by atoms with Crippen LogP contribution in [-0.4, -0.2) is 10.1 Å². The van der Waals surface area contributed by atoms with Crippen molar-refractivity contribution < 1.29 is 4.52 Å². The van der Waals surface area contributed by atoms with Gasteiger partial charge in [-0.25, -0.2) is 0 Å². The van der Waals surface area contributed by atoms with E-state index in [-0.39, 0.29) is 5.92 Å². The summed E-state index contributed by atoms with van der Waals surface area (Å²) in [7, 11) is 0. The van der Waals surface area contributed by atoms with Crippen molar-refractivity contribution in [2.24, 2.45) is 11.8 Å². The molecule has 0 unspecified atom stereocenters. The Morgan fingerprint density at radius 1 is 1.19 bits per heavy atom. The highest BCUT2D eigenvalue weighted by atomic mass is 16.5. The SMILES string of the molecule is C[C@H]1[C@H](C=Cc2ccc(-c3ccccc3C#N)cn2)c2nocc2C[C@@H]1C. The lowest BCUT2D eigenvalue weighted by Gasteiger charge is -2.30. The molecule has 1 aliphatic rings. The van der Waals surface area contributed by atoms with Crippen LogP contribution in [0.15, 0.2) is 59.5 Å². The van der Waals surface area contributed by atoms with Gasteiger partial charge in [0.2, 0.25) is 0 Å².